The van der Waals surface area contributed by atoms with Gasteiger partial charge in [-0.05, 0) is 37.0 Å². The van der Waals surface area contributed by atoms with Crippen molar-refractivity contribution in [2.45, 2.75) is 39.5 Å². The van der Waals surface area contributed by atoms with Crippen LogP contribution in [-0.2, 0) is 6.42 Å². The van der Waals surface area contributed by atoms with Gasteiger partial charge in [-0.25, -0.2) is 0 Å². The number of aryl methyl sites for hydroxylation is 1. The van der Waals surface area contributed by atoms with Crippen molar-refractivity contribution in [2.24, 2.45) is 5.73 Å². The Labute approximate surface area is 91.5 Å². The van der Waals surface area contributed by atoms with E-state index in [1.807, 2.05) is 13.0 Å². The molecule has 0 atom stereocenters. The van der Waals surface area contributed by atoms with Gasteiger partial charge in [0.1, 0.15) is 0 Å². The first-order valence-corrected chi connectivity index (χ1v) is 5.55. The second kappa shape index (κ2) is 5.54. The first kappa shape index (κ1) is 11.8. The summed E-state index contributed by atoms with van der Waals surface area (Å²) < 4.78 is 0. The highest BCUT2D eigenvalue weighted by atomic mass is 16.1. The largest absolute Gasteiger partial charge is 0.366 e. The van der Waals surface area contributed by atoms with E-state index in [9.17, 15) is 4.79 Å². The molecule has 0 saturated heterocycles. The molecule has 0 unspecified atom stereocenters. The number of unbranched alkanes of at least 4 members (excludes halogenated alkanes) is 2. The molecule has 0 aliphatic rings. The fourth-order valence-corrected chi connectivity index (χ4v) is 1.79. The molecule has 0 aliphatic heterocycles. The molecule has 0 aliphatic carbocycles. The summed E-state index contributed by atoms with van der Waals surface area (Å²) in [6, 6.07) is 5.78. The van der Waals surface area contributed by atoms with Gasteiger partial charge in [0, 0.05) is 5.56 Å². The Balaban J connectivity index is 2.80. The van der Waals surface area contributed by atoms with Crippen LogP contribution >= 0.6 is 0 Å². The monoisotopic (exact) mass is 205 g/mol. The van der Waals surface area contributed by atoms with Crippen LogP contribution in [0.15, 0.2) is 18.2 Å². The molecule has 15 heavy (non-hydrogen) atoms. The Morgan fingerprint density at radius 3 is 2.67 bits per heavy atom. The fourth-order valence-electron chi connectivity index (χ4n) is 1.79. The molecule has 2 N–H and O–H groups in total. The van der Waals surface area contributed by atoms with Crippen molar-refractivity contribution < 1.29 is 4.79 Å². The molecule has 2 heteroatoms. The van der Waals surface area contributed by atoms with Crippen molar-refractivity contribution in [3.63, 3.8) is 0 Å². The summed E-state index contributed by atoms with van der Waals surface area (Å²) in [5.41, 5.74) is 8.25. The smallest absolute Gasteiger partial charge is 0.248 e. The molecule has 0 saturated carbocycles. The van der Waals surface area contributed by atoms with Crippen LogP contribution < -0.4 is 5.73 Å². The SMILES string of the molecule is CCCCCc1cccc(C(N)=O)c1C. The van der Waals surface area contributed by atoms with Crippen molar-refractivity contribution in [1.82, 2.24) is 0 Å². The second-order valence-electron chi connectivity index (χ2n) is 3.91. The predicted octanol–water partition coefficient (Wildman–Crippen LogP) is 2.83. The first-order valence-electron chi connectivity index (χ1n) is 5.55. The summed E-state index contributed by atoms with van der Waals surface area (Å²) in [5.74, 6) is -0.329. The van der Waals surface area contributed by atoms with E-state index in [0.29, 0.717) is 5.56 Å². The Morgan fingerprint density at radius 2 is 2.07 bits per heavy atom. The minimum atomic E-state index is -0.329. The van der Waals surface area contributed by atoms with E-state index in [2.05, 4.69) is 13.0 Å². The number of hydrogen-bond acceptors (Lipinski definition) is 1. The molecule has 0 spiro atoms. The Bertz CT molecular complexity index is 344. The van der Waals surface area contributed by atoms with E-state index in [1.165, 1.54) is 24.8 Å². The summed E-state index contributed by atoms with van der Waals surface area (Å²) in [5, 5.41) is 0. The maximum atomic E-state index is 11.1. The van der Waals surface area contributed by atoms with Crippen LogP contribution in [0.2, 0.25) is 0 Å². The van der Waals surface area contributed by atoms with Crippen LogP contribution in [0.3, 0.4) is 0 Å². The van der Waals surface area contributed by atoms with E-state index in [1.54, 1.807) is 6.07 Å². The van der Waals surface area contributed by atoms with Crippen LogP contribution in [0.5, 0.6) is 0 Å². The van der Waals surface area contributed by atoms with Gasteiger partial charge >= 0.3 is 0 Å². The summed E-state index contributed by atoms with van der Waals surface area (Å²) in [6.45, 7) is 4.16. The lowest BCUT2D eigenvalue weighted by molar-refractivity contribution is 0.0999. The van der Waals surface area contributed by atoms with Crippen molar-refractivity contribution in [3.8, 4) is 0 Å². The Kier molecular flexibility index (Phi) is 4.35. The number of rotatable bonds is 5. The third-order valence-corrected chi connectivity index (χ3v) is 2.76. The lowest BCUT2D eigenvalue weighted by Crippen LogP contribution is -2.13. The first-order chi connectivity index (χ1) is 7.16. The van der Waals surface area contributed by atoms with Crippen molar-refractivity contribution in [3.05, 3.63) is 34.9 Å². The second-order valence-corrected chi connectivity index (χ2v) is 3.91. The van der Waals surface area contributed by atoms with Crippen LogP contribution in [-0.4, -0.2) is 5.91 Å². The van der Waals surface area contributed by atoms with E-state index in [0.717, 1.165) is 12.0 Å². The predicted molar refractivity (Wildman–Crippen MR) is 62.9 cm³/mol. The minimum absolute atomic E-state index is 0.329. The van der Waals surface area contributed by atoms with Crippen LogP contribution in [0.25, 0.3) is 0 Å². The highest BCUT2D eigenvalue weighted by molar-refractivity contribution is 5.94. The van der Waals surface area contributed by atoms with E-state index < -0.39 is 0 Å². The molecule has 2 nitrogen and oxygen atoms in total. The number of hydrogen-bond donors (Lipinski definition) is 1. The molecule has 0 heterocycles. The van der Waals surface area contributed by atoms with Crippen LogP contribution in [0, 0.1) is 6.92 Å². The number of carbonyl (C=O) groups excluding carboxylic acids is 1. The standard InChI is InChI=1S/C13H19NO/c1-3-4-5-7-11-8-6-9-12(10(11)2)13(14)15/h6,8-9H,3-5,7H2,1-2H3,(H2,14,15). The van der Waals surface area contributed by atoms with Gasteiger partial charge in [0.2, 0.25) is 5.91 Å². The van der Waals surface area contributed by atoms with Gasteiger partial charge in [0.05, 0.1) is 0 Å². The summed E-state index contributed by atoms with van der Waals surface area (Å²) in [6.07, 6.45) is 4.68. The molecule has 1 aromatic carbocycles. The van der Waals surface area contributed by atoms with Gasteiger partial charge in [-0.2, -0.15) is 0 Å². The maximum absolute atomic E-state index is 11.1. The van der Waals surface area contributed by atoms with Gasteiger partial charge in [-0.15, -0.1) is 0 Å². The molecular weight excluding hydrogens is 186 g/mol. The van der Waals surface area contributed by atoms with Gasteiger partial charge in [-0.1, -0.05) is 31.9 Å². The van der Waals surface area contributed by atoms with Gasteiger partial charge in [-0.3, -0.25) is 4.79 Å². The van der Waals surface area contributed by atoms with Crippen LogP contribution in [0.4, 0.5) is 0 Å². The highest BCUT2D eigenvalue weighted by Gasteiger charge is 2.07. The summed E-state index contributed by atoms with van der Waals surface area (Å²) in [7, 11) is 0. The zero-order chi connectivity index (χ0) is 11.3. The summed E-state index contributed by atoms with van der Waals surface area (Å²) in [4.78, 5) is 11.1. The number of carbonyl (C=O) groups is 1. The molecule has 0 fully saturated rings. The molecule has 1 aromatic rings. The minimum Gasteiger partial charge on any atom is -0.366 e. The zero-order valence-electron chi connectivity index (χ0n) is 9.55. The van der Waals surface area contributed by atoms with Gasteiger partial charge < -0.3 is 5.73 Å². The topological polar surface area (TPSA) is 43.1 Å². The highest BCUT2D eigenvalue weighted by Crippen LogP contribution is 2.16. The van der Waals surface area contributed by atoms with Crippen molar-refractivity contribution in [2.75, 3.05) is 0 Å². The molecule has 0 radical (unpaired) electrons. The molecule has 1 amide bonds. The third kappa shape index (κ3) is 3.08. The maximum Gasteiger partial charge on any atom is 0.248 e. The number of amides is 1. The Morgan fingerprint density at radius 1 is 1.33 bits per heavy atom. The van der Waals surface area contributed by atoms with Gasteiger partial charge in [0.25, 0.3) is 0 Å². The van der Waals surface area contributed by atoms with Crippen molar-refractivity contribution >= 4 is 5.91 Å². The average Bonchev–Trinajstić information content (AvgIpc) is 2.20. The van der Waals surface area contributed by atoms with E-state index in [4.69, 9.17) is 5.73 Å². The number of primary amides is 1. The molecule has 0 aromatic heterocycles. The fraction of sp³-hybridized carbons (Fsp3) is 0.462. The third-order valence-electron chi connectivity index (χ3n) is 2.76. The van der Waals surface area contributed by atoms with Crippen LogP contribution in [0.1, 0.15) is 47.7 Å². The molecular formula is C13H19NO. The summed E-state index contributed by atoms with van der Waals surface area (Å²) >= 11 is 0. The quantitative estimate of drug-likeness (QED) is 0.738. The molecule has 82 valence electrons. The van der Waals surface area contributed by atoms with E-state index in [-0.39, 0.29) is 5.91 Å². The lowest BCUT2D eigenvalue weighted by atomic mass is 9.97. The molecule has 0 bridgehead atoms. The lowest BCUT2D eigenvalue weighted by Gasteiger charge is -2.08. The number of benzene rings is 1. The van der Waals surface area contributed by atoms with Crippen molar-refractivity contribution in [1.29, 1.82) is 0 Å². The Hall–Kier alpha value is -1.31. The molecule has 1 rings (SSSR count). The normalized spacial score (nSPS) is 10.3. The number of nitrogens with two attached hydrogens (primary N) is 1. The van der Waals surface area contributed by atoms with Gasteiger partial charge in [0.15, 0.2) is 0 Å². The van der Waals surface area contributed by atoms with E-state index >= 15 is 0 Å². The average molecular weight is 205 g/mol. The zero-order valence-corrected chi connectivity index (χ0v) is 9.55.